The summed E-state index contributed by atoms with van der Waals surface area (Å²) >= 11 is 0. The van der Waals surface area contributed by atoms with Gasteiger partial charge in [0.25, 0.3) is 0 Å². The van der Waals surface area contributed by atoms with Crippen LogP contribution >= 0.6 is 12.4 Å². The van der Waals surface area contributed by atoms with Gasteiger partial charge in [-0.3, -0.25) is 10.8 Å². The smallest absolute Gasteiger partial charge is 0.109 e. The average molecular weight is 316 g/mol. The van der Waals surface area contributed by atoms with Gasteiger partial charge < -0.3 is 16.5 Å². The molecule has 0 radical (unpaired) electrons. The number of nitrogens with one attached hydrogen (secondary N) is 3. The highest BCUT2D eigenvalue weighted by Gasteiger charge is 2.38. The standard InChI is InChI=1S/C16H17N5.ClH/c17-14(18)16(15(19)20)7-6-11-8-12(21-13(11)9-16)10-4-2-1-3-5-10;/h1-8,21H,9H2,(H3,17,18)(H3,19,20);1H. The Kier molecular flexibility index (Phi) is 4.10. The molecule has 1 aliphatic rings. The Bertz CT molecular complexity index is 731. The van der Waals surface area contributed by atoms with E-state index in [9.17, 15) is 0 Å². The molecule has 7 N–H and O–H groups in total. The average Bonchev–Trinajstić information content (AvgIpc) is 2.90. The van der Waals surface area contributed by atoms with Crippen molar-refractivity contribution in [2.24, 2.45) is 16.9 Å². The molecule has 2 aromatic rings. The number of aromatic amines is 1. The normalized spacial score (nSPS) is 19.1. The van der Waals surface area contributed by atoms with Crippen molar-refractivity contribution in [3.8, 4) is 11.3 Å². The quantitative estimate of drug-likeness (QED) is 0.442. The summed E-state index contributed by atoms with van der Waals surface area (Å²) in [6.07, 6.45) is 4.05. The molecule has 0 amide bonds. The monoisotopic (exact) mass is 315 g/mol. The lowest BCUT2D eigenvalue weighted by atomic mass is 9.76. The Morgan fingerprint density at radius 3 is 2.32 bits per heavy atom. The van der Waals surface area contributed by atoms with Crippen molar-refractivity contribution in [2.75, 3.05) is 0 Å². The zero-order chi connectivity index (χ0) is 15.0. The van der Waals surface area contributed by atoms with E-state index in [0.29, 0.717) is 6.42 Å². The van der Waals surface area contributed by atoms with Gasteiger partial charge in [-0.05, 0) is 17.2 Å². The maximum Gasteiger partial charge on any atom is 0.109 e. The number of H-pyrrole nitrogens is 1. The van der Waals surface area contributed by atoms with Gasteiger partial charge in [0.1, 0.15) is 17.1 Å². The molecule has 1 aromatic heterocycles. The van der Waals surface area contributed by atoms with Crippen LogP contribution in [0.15, 0.2) is 42.5 Å². The molecule has 6 heteroatoms. The molecular weight excluding hydrogens is 298 g/mol. The molecule has 114 valence electrons. The van der Waals surface area contributed by atoms with E-state index in [4.69, 9.17) is 22.3 Å². The molecule has 1 aromatic carbocycles. The first-order chi connectivity index (χ1) is 10.0. The molecule has 0 aliphatic heterocycles. The number of amidine groups is 2. The number of hydrogen-bond acceptors (Lipinski definition) is 2. The van der Waals surface area contributed by atoms with Gasteiger partial charge in [-0.2, -0.15) is 0 Å². The van der Waals surface area contributed by atoms with E-state index in [2.05, 4.69) is 11.1 Å². The predicted molar refractivity (Wildman–Crippen MR) is 92.5 cm³/mol. The van der Waals surface area contributed by atoms with Crippen molar-refractivity contribution in [3.05, 3.63) is 53.7 Å². The van der Waals surface area contributed by atoms with Gasteiger partial charge in [-0.15, -0.1) is 12.4 Å². The summed E-state index contributed by atoms with van der Waals surface area (Å²) in [7, 11) is 0. The van der Waals surface area contributed by atoms with E-state index in [1.54, 1.807) is 6.08 Å². The van der Waals surface area contributed by atoms with Crippen LogP contribution in [0.3, 0.4) is 0 Å². The number of fused-ring (bicyclic) bond motifs is 1. The van der Waals surface area contributed by atoms with E-state index in [0.717, 1.165) is 22.5 Å². The first-order valence-electron chi connectivity index (χ1n) is 6.68. The van der Waals surface area contributed by atoms with Gasteiger partial charge in [-0.1, -0.05) is 42.5 Å². The van der Waals surface area contributed by atoms with Crippen molar-refractivity contribution in [3.63, 3.8) is 0 Å². The van der Waals surface area contributed by atoms with Gasteiger partial charge in [0.05, 0.1) is 0 Å². The molecule has 22 heavy (non-hydrogen) atoms. The molecule has 0 unspecified atom stereocenters. The summed E-state index contributed by atoms with van der Waals surface area (Å²) in [5.74, 6) is -0.208. The van der Waals surface area contributed by atoms with Crippen LogP contribution in [0.1, 0.15) is 11.3 Å². The Labute approximate surface area is 134 Å². The summed E-state index contributed by atoms with van der Waals surface area (Å²) in [5, 5.41) is 15.5. The topological polar surface area (TPSA) is 116 Å². The Morgan fingerprint density at radius 1 is 1.09 bits per heavy atom. The molecule has 1 heterocycles. The minimum atomic E-state index is -1.01. The van der Waals surface area contributed by atoms with Crippen LogP contribution < -0.4 is 11.5 Å². The molecule has 1 aliphatic carbocycles. The molecule has 0 saturated heterocycles. The summed E-state index contributed by atoms with van der Waals surface area (Å²) in [5.41, 5.74) is 14.4. The highest BCUT2D eigenvalue weighted by molar-refractivity contribution is 6.09. The predicted octanol–water partition coefficient (Wildman–Crippen LogP) is 2.53. The highest BCUT2D eigenvalue weighted by atomic mass is 35.5. The third-order valence-corrected chi connectivity index (χ3v) is 3.98. The molecule has 0 atom stereocenters. The first kappa shape index (κ1) is 15.9. The van der Waals surface area contributed by atoms with Crippen molar-refractivity contribution in [2.45, 2.75) is 6.42 Å². The SMILES string of the molecule is Cl.N=C(N)C1(C(=N)N)C=Cc2cc(-c3ccccc3)[nH]c2C1. The van der Waals surface area contributed by atoms with E-state index >= 15 is 0 Å². The molecule has 5 nitrogen and oxygen atoms in total. The number of aromatic nitrogens is 1. The zero-order valence-corrected chi connectivity index (χ0v) is 12.7. The van der Waals surface area contributed by atoms with Crippen LogP contribution in [0.25, 0.3) is 17.3 Å². The zero-order valence-electron chi connectivity index (χ0n) is 11.9. The third kappa shape index (κ3) is 2.40. The van der Waals surface area contributed by atoms with E-state index in [-0.39, 0.29) is 24.1 Å². The molecule has 0 bridgehead atoms. The Morgan fingerprint density at radius 2 is 1.73 bits per heavy atom. The van der Waals surface area contributed by atoms with Gasteiger partial charge >= 0.3 is 0 Å². The van der Waals surface area contributed by atoms with E-state index in [1.807, 2.05) is 36.4 Å². The minimum absolute atomic E-state index is 0. The minimum Gasteiger partial charge on any atom is -0.387 e. The second-order valence-electron chi connectivity index (χ2n) is 5.29. The van der Waals surface area contributed by atoms with Crippen molar-refractivity contribution in [1.29, 1.82) is 10.8 Å². The van der Waals surface area contributed by atoms with Crippen LogP contribution in [0.5, 0.6) is 0 Å². The molecule has 0 spiro atoms. The number of nitrogens with two attached hydrogens (primary N) is 2. The number of halogens is 1. The fourth-order valence-electron chi connectivity index (χ4n) is 2.67. The summed E-state index contributed by atoms with van der Waals surface area (Å²) < 4.78 is 0. The number of hydrogen-bond donors (Lipinski definition) is 5. The van der Waals surface area contributed by atoms with Crippen LogP contribution in [0, 0.1) is 16.2 Å². The lowest BCUT2D eigenvalue weighted by molar-refractivity contribution is 0.674. The Hall–Kier alpha value is -2.53. The molecular formula is C16H18ClN5. The number of rotatable bonds is 3. The van der Waals surface area contributed by atoms with Crippen molar-refractivity contribution < 1.29 is 0 Å². The first-order valence-corrected chi connectivity index (χ1v) is 6.68. The van der Waals surface area contributed by atoms with E-state index < -0.39 is 5.41 Å². The second-order valence-corrected chi connectivity index (χ2v) is 5.29. The lowest BCUT2D eigenvalue weighted by Gasteiger charge is -2.30. The largest absolute Gasteiger partial charge is 0.387 e. The van der Waals surface area contributed by atoms with Crippen molar-refractivity contribution >= 4 is 30.2 Å². The van der Waals surface area contributed by atoms with Crippen LogP contribution in [-0.4, -0.2) is 16.7 Å². The van der Waals surface area contributed by atoms with Gasteiger partial charge in [0, 0.05) is 17.8 Å². The van der Waals surface area contributed by atoms with Crippen LogP contribution in [0.4, 0.5) is 0 Å². The summed E-state index contributed by atoms with van der Waals surface area (Å²) in [4.78, 5) is 3.36. The van der Waals surface area contributed by atoms with Crippen LogP contribution in [0.2, 0.25) is 0 Å². The third-order valence-electron chi connectivity index (χ3n) is 3.98. The maximum atomic E-state index is 7.77. The molecule has 0 fully saturated rings. The highest BCUT2D eigenvalue weighted by Crippen LogP contribution is 2.34. The van der Waals surface area contributed by atoms with Gasteiger partial charge in [0.15, 0.2) is 0 Å². The number of benzene rings is 1. The Balaban J connectivity index is 0.00000176. The van der Waals surface area contributed by atoms with Crippen molar-refractivity contribution in [1.82, 2.24) is 4.98 Å². The summed E-state index contributed by atoms with van der Waals surface area (Å²) in [6, 6.07) is 12.1. The van der Waals surface area contributed by atoms with Gasteiger partial charge in [0.2, 0.25) is 0 Å². The van der Waals surface area contributed by atoms with Gasteiger partial charge in [-0.25, -0.2) is 0 Å². The maximum absolute atomic E-state index is 7.77. The second kappa shape index (κ2) is 5.69. The fourth-order valence-corrected chi connectivity index (χ4v) is 2.67. The lowest BCUT2D eigenvalue weighted by Crippen LogP contribution is -2.48. The summed E-state index contributed by atoms with van der Waals surface area (Å²) in [6.45, 7) is 0. The molecule has 3 rings (SSSR count). The fraction of sp³-hybridized carbons (Fsp3) is 0.125. The van der Waals surface area contributed by atoms with Crippen LogP contribution in [-0.2, 0) is 6.42 Å². The molecule has 0 saturated carbocycles. The van der Waals surface area contributed by atoms with E-state index in [1.165, 1.54) is 0 Å².